The van der Waals surface area contributed by atoms with Crippen molar-refractivity contribution in [2.45, 2.75) is 24.2 Å². The summed E-state index contributed by atoms with van der Waals surface area (Å²) in [4.78, 5) is 10.7. The minimum Gasteiger partial charge on any atom is -0.481 e. The Morgan fingerprint density at radius 3 is 2.39 bits per heavy atom. The number of aryl methyl sites for hydroxylation is 1. The predicted octanol–water partition coefficient (Wildman–Crippen LogP) is 2.05. The van der Waals surface area contributed by atoms with Crippen LogP contribution in [0.5, 0.6) is 0 Å². The Bertz CT molecular complexity index is 514. The molecule has 18 heavy (non-hydrogen) atoms. The normalized spacial score (nSPS) is 11.1. The number of carboxylic acid groups (broad SMARTS) is 1. The second-order valence-corrected chi connectivity index (χ2v) is 6.04. The third-order valence-corrected chi connectivity index (χ3v) is 4.26. The van der Waals surface area contributed by atoms with Crippen LogP contribution in [0.25, 0.3) is 0 Å². The van der Waals surface area contributed by atoms with Gasteiger partial charge in [0.15, 0.2) is 9.84 Å². The summed E-state index contributed by atoms with van der Waals surface area (Å²) in [6.07, 6.45) is 2.44. The van der Waals surface area contributed by atoms with Crippen molar-refractivity contribution >= 4 is 15.8 Å². The maximum absolute atomic E-state index is 11.8. The number of benzene rings is 1. The summed E-state index contributed by atoms with van der Waals surface area (Å²) >= 11 is 0. The molecule has 0 saturated carbocycles. The van der Waals surface area contributed by atoms with Gasteiger partial charge in [-0.2, -0.15) is 0 Å². The Balaban J connectivity index is 2.76. The van der Waals surface area contributed by atoms with Gasteiger partial charge in [-0.25, -0.2) is 8.42 Å². The van der Waals surface area contributed by atoms with Crippen molar-refractivity contribution in [3.63, 3.8) is 0 Å². The smallest absolute Gasteiger partial charge is 0.303 e. The van der Waals surface area contributed by atoms with Gasteiger partial charge in [0.05, 0.1) is 10.6 Å². The molecule has 1 aromatic carbocycles. The van der Waals surface area contributed by atoms with E-state index in [2.05, 4.69) is 6.58 Å². The third-order valence-electron chi connectivity index (χ3n) is 2.50. The topological polar surface area (TPSA) is 71.4 Å². The Hall–Kier alpha value is -1.62. The molecule has 0 radical (unpaired) electrons. The number of aliphatic carboxylic acids is 1. The average Bonchev–Trinajstić information content (AvgIpc) is 2.34. The monoisotopic (exact) mass is 268 g/mol. The first-order valence-corrected chi connectivity index (χ1v) is 7.25. The zero-order valence-corrected chi connectivity index (χ0v) is 10.8. The van der Waals surface area contributed by atoms with Gasteiger partial charge in [0.1, 0.15) is 0 Å². The van der Waals surface area contributed by atoms with E-state index in [1.807, 2.05) is 0 Å². The van der Waals surface area contributed by atoms with Gasteiger partial charge in [0.2, 0.25) is 0 Å². The number of carboxylic acids is 1. The van der Waals surface area contributed by atoms with Crippen LogP contribution in [-0.4, -0.2) is 25.2 Å². The number of rotatable bonds is 7. The van der Waals surface area contributed by atoms with Crippen LogP contribution in [0.15, 0.2) is 41.8 Å². The van der Waals surface area contributed by atoms with Crippen LogP contribution >= 0.6 is 0 Å². The molecule has 0 amide bonds. The molecule has 0 aliphatic rings. The SMILES string of the molecule is C=CCCS(=O)(=O)c1ccc(CCC(=O)O)cc1. The standard InChI is InChI=1S/C13H16O4S/c1-2-3-10-18(16,17)12-7-4-11(5-8-12)6-9-13(14)15/h2,4-5,7-8H,1,3,6,9-10H2,(H,14,15). The van der Waals surface area contributed by atoms with Gasteiger partial charge < -0.3 is 5.11 Å². The first-order chi connectivity index (χ1) is 8.45. The number of sulfone groups is 1. The van der Waals surface area contributed by atoms with Crippen molar-refractivity contribution in [3.8, 4) is 0 Å². The fourth-order valence-electron chi connectivity index (χ4n) is 1.47. The van der Waals surface area contributed by atoms with Gasteiger partial charge in [-0.15, -0.1) is 6.58 Å². The Kier molecular flexibility index (Phi) is 5.09. The van der Waals surface area contributed by atoms with E-state index in [1.54, 1.807) is 18.2 Å². The van der Waals surface area contributed by atoms with Gasteiger partial charge in [-0.1, -0.05) is 18.2 Å². The van der Waals surface area contributed by atoms with E-state index >= 15 is 0 Å². The highest BCUT2D eigenvalue weighted by atomic mass is 32.2. The van der Waals surface area contributed by atoms with Crippen LogP contribution < -0.4 is 0 Å². The molecule has 0 atom stereocenters. The van der Waals surface area contributed by atoms with Crippen LogP contribution in [-0.2, 0) is 21.1 Å². The minimum absolute atomic E-state index is 0.0442. The second-order valence-electron chi connectivity index (χ2n) is 3.93. The van der Waals surface area contributed by atoms with Gasteiger partial charge in [-0.05, 0) is 30.5 Å². The molecule has 0 aromatic heterocycles. The van der Waals surface area contributed by atoms with Crippen LogP contribution in [0.3, 0.4) is 0 Å². The molecule has 5 heteroatoms. The maximum Gasteiger partial charge on any atom is 0.303 e. The summed E-state index contributed by atoms with van der Waals surface area (Å²) in [5.74, 6) is -0.817. The largest absolute Gasteiger partial charge is 0.481 e. The van der Waals surface area contributed by atoms with Crippen molar-refractivity contribution in [1.29, 1.82) is 0 Å². The molecule has 0 aliphatic heterocycles. The van der Waals surface area contributed by atoms with Crippen molar-refractivity contribution in [1.82, 2.24) is 0 Å². The molecule has 1 rings (SSSR count). The van der Waals surface area contributed by atoms with Crippen LogP contribution in [0.2, 0.25) is 0 Å². The van der Waals surface area contributed by atoms with Crippen molar-refractivity contribution in [2.75, 3.05) is 5.75 Å². The quantitative estimate of drug-likeness (QED) is 0.768. The lowest BCUT2D eigenvalue weighted by atomic mass is 10.1. The first-order valence-electron chi connectivity index (χ1n) is 5.60. The van der Waals surface area contributed by atoms with Gasteiger partial charge in [0, 0.05) is 6.42 Å². The minimum atomic E-state index is -3.26. The summed E-state index contributed by atoms with van der Waals surface area (Å²) in [6.45, 7) is 3.49. The van der Waals surface area contributed by atoms with Gasteiger partial charge in [0.25, 0.3) is 0 Å². The zero-order chi connectivity index (χ0) is 13.6. The van der Waals surface area contributed by atoms with Crippen LogP contribution in [0.4, 0.5) is 0 Å². The fourth-order valence-corrected chi connectivity index (χ4v) is 2.73. The van der Waals surface area contributed by atoms with E-state index in [0.29, 0.717) is 12.8 Å². The van der Waals surface area contributed by atoms with Gasteiger partial charge >= 0.3 is 5.97 Å². The number of carbonyl (C=O) groups is 1. The highest BCUT2D eigenvalue weighted by molar-refractivity contribution is 7.91. The second kappa shape index (κ2) is 6.35. The van der Waals surface area contributed by atoms with Crippen LogP contribution in [0, 0.1) is 0 Å². The molecule has 0 bridgehead atoms. The molecule has 1 aromatic rings. The third kappa shape index (κ3) is 4.33. The Morgan fingerprint density at radius 2 is 1.89 bits per heavy atom. The van der Waals surface area contributed by atoms with E-state index in [4.69, 9.17) is 5.11 Å². The fraction of sp³-hybridized carbons (Fsp3) is 0.308. The molecule has 0 aliphatic carbocycles. The summed E-state index contributed by atoms with van der Waals surface area (Å²) < 4.78 is 23.7. The molecular weight excluding hydrogens is 252 g/mol. The molecule has 0 unspecified atom stereocenters. The number of hydrogen-bond donors (Lipinski definition) is 1. The summed E-state index contributed by atoms with van der Waals surface area (Å²) in [5, 5.41) is 8.55. The van der Waals surface area contributed by atoms with Crippen LogP contribution in [0.1, 0.15) is 18.4 Å². The van der Waals surface area contributed by atoms with Crippen molar-refractivity contribution in [3.05, 3.63) is 42.5 Å². The van der Waals surface area contributed by atoms with Crippen molar-refractivity contribution < 1.29 is 18.3 Å². The summed E-state index contributed by atoms with van der Waals surface area (Å²) in [5.41, 5.74) is 0.820. The van der Waals surface area contributed by atoms with E-state index < -0.39 is 15.8 Å². The number of allylic oxidation sites excluding steroid dienone is 1. The Morgan fingerprint density at radius 1 is 1.28 bits per heavy atom. The first kappa shape index (κ1) is 14.4. The summed E-state index contributed by atoms with van der Waals surface area (Å²) in [7, 11) is -3.26. The molecule has 4 nitrogen and oxygen atoms in total. The molecular formula is C13H16O4S. The lowest BCUT2D eigenvalue weighted by Gasteiger charge is -2.04. The predicted molar refractivity (Wildman–Crippen MR) is 69.3 cm³/mol. The molecule has 0 heterocycles. The van der Waals surface area contributed by atoms with Crippen molar-refractivity contribution in [2.24, 2.45) is 0 Å². The molecule has 98 valence electrons. The highest BCUT2D eigenvalue weighted by Gasteiger charge is 2.12. The maximum atomic E-state index is 11.8. The lowest BCUT2D eigenvalue weighted by Crippen LogP contribution is -2.06. The lowest BCUT2D eigenvalue weighted by molar-refractivity contribution is -0.136. The molecule has 0 fully saturated rings. The van der Waals surface area contributed by atoms with E-state index in [0.717, 1.165) is 5.56 Å². The summed E-state index contributed by atoms with van der Waals surface area (Å²) in [6, 6.07) is 6.36. The number of hydrogen-bond acceptors (Lipinski definition) is 3. The molecule has 0 saturated heterocycles. The average molecular weight is 268 g/mol. The Labute approximate surface area is 107 Å². The highest BCUT2D eigenvalue weighted by Crippen LogP contribution is 2.14. The van der Waals surface area contributed by atoms with E-state index in [9.17, 15) is 13.2 Å². The van der Waals surface area contributed by atoms with E-state index in [-0.39, 0.29) is 17.1 Å². The molecule has 0 spiro atoms. The molecule has 1 N–H and O–H groups in total. The van der Waals surface area contributed by atoms with Gasteiger partial charge in [-0.3, -0.25) is 4.79 Å². The van der Waals surface area contributed by atoms with E-state index in [1.165, 1.54) is 12.1 Å². The zero-order valence-electron chi connectivity index (χ0n) is 10.0.